The van der Waals surface area contributed by atoms with Crippen LogP contribution in [0.1, 0.15) is 56.2 Å². The maximum atomic E-state index is 13.2. The fraction of sp³-hybridized carbons (Fsp3) is 0.385. The fourth-order valence-corrected chi connectivity index (χ4v) is 5.39. The minimum Gasteiger partial charge on any atom is -0.507 e. The largest absolute Gasteiger partial charge is 0.507 e. The van der Waals surface area contributed by atoms with E-state index in [4.69, 9.17) is 32.7 Å². The van der Waals surface area contributed by atoms with Gasteiger partial charge in [-0.25, -0.2) is 0 Å². The Hall–Kier alpha value is -2.70. The number of ketones is 1. The average Bonchev–Trinajstić information content (AvgIpc) is 3.44. The van der Waals surface area contributed by atoms with Crippen molar-refractivity contribution in [3.63, 3.8) is 0 Å². The van der Waals surface area contributed by atoms with E-state index < -0.39 is 17.7 Å². The molecule has 1 N–H and O–H groups in total. The number of carbonyl (C=O) groups is 2. The Kier molecular flexibility index (Phi) is 7.39. The highest BCUT2D eigenvalue weighted by Gasteiger charge is 2.49. The minimum atomic E-state index is -0.719. The first kappa shape index (κ1) is 24.4. The first-order valence-corrected chi connectivity index (χ1v) is 12.2. The van der Waals surface area contributed by atoms with Gasteiger partial charge in [0.25, 0.3) is 11.7 Å². The van der Waals surface area contributed by atoms with E-state index >= 15 is 0 Å². The minimum absolute atomic E-state index is 0.0245. The number of likely N-dealkylation sites (tertiary alicyclic amines) is 1. The fourth-order valence-electron chi connectivity index (χ4n) is 4.75. The molecule has 180 valence electrons. The molecule has 0 aromatic heterocycles. The third-order valence-corrected chi connectivity index (χ3v) is 6.90. The van der Waals surface area contributed by atoms with Gasteiger partial charge in [0.1, 0.15) is 11.5 Å². The van der Waals surface area contributed by atoms with Gasteiger partial charge in [-0.05, 0) is 49.1 Å². The molecule has 1 heterocycles. The maximum absolute atomic E-state index is 13.2. The second kappa shape index (κ2) is 10.3. The van der Waals surface area contributed by atoms with Crippen molar-refractivity contribution in [1.82, 2.24) is 4.90 Å². The van der Waals surface area contributed by atoms with Crippen molar-refractivity contribution in [2.24, 2.45) is 0 Å². The van der Waals surface area contributed by atoms with Gasteiger partial charge in [-0.1, -0.05) is 55.1 Å². The van der Waals surface area contributed by atoms with Crippen LogP contribution in [0.5, 0.6) is 11.5 Å². The van der Waals surface area contributed by atoms with E-state index in [2.05, 4.69) is 0 Å². The summed E-state index contributed by atoms with van der Waals surface area (Å²) in [7, 11) is 1.44. The monoisotopic (exact) mass is 503 g/mol. The van der Waals surface area contributed by atoms with Gasteiger partial charge in [0, 0.05) is 11.6 Å². The third-order valence-electron chi connectivity index (χ3n) is 6.34. The standard InChI is InChI=1S/C26H27Cl2NO5/c1-3-12-34-18-10-8-15(9-11-18)22-21(24(31)26(32)29(22)17-6-4-5-7-17)23(30)16-13-19(27)25(33-2)20(28)14-16/h8-11,13-14,17,22,30H,3-7,12H2,1-2H3/b23-21+. The zero-order valence-electron chi connectivity index (χ0n) is 19.1. The summed E-state index contributed by atoms with van der Waals surface area (Å²) in [6.45, 7) is 2.63. The van der Waals surface area contributed by atoms with Crippen LogP contribution in [0.25, 0.3) is 5.76 Å². The Balaban J connectivity index is 1.83. The molecule has 0 radical (unpaired) electrons. The van der Waals surface area contributed by atoms with Crippen LogP contribution in [0.2, 0.25) is 10.0 Å². The number of benzene rings is 2. The lowest BCUT2D eigenvalue weighted by molar-refractivity contribution is -0.141. The maximum Gasteiger partial charge on any atom is 0.295 e. The summed E-state index contributed by atoms with van der Waals surface area (Å²) in [6.07, 6.45) is 4.52. The highest BCUT2D eigenvalue weighted by atomic mass is 35.5. The quantitative estimate of drug-likeness (QED) is 0.278. The molecule has 1 amide bonds. The Morgan fingerprint density at radius 1 is 1.09 bits per heavy atom. The zero-order valence-corrected chi connectivity index (χ0v) is 20.7. The Morgan fingerprint density at radius 2 is 1.71 bits per heavy atom. The van der Waals surface area contributed by atoms with Crippen LogP contribution in [0.3, 0.4) is 0 Å². The third kappa shape index (κ3) is 4.49. The van der Waals surface area contributed by atoms with Gasteiger partial charge in [-0.2, -0.15) is 0 Å². The molecule has 0 spiro atoms. The lowest BCUT2D eigenvalue weighted by Crippen LogP contribution is -2.37. The van der Waals surface area contributed by atoms with Crippen molar-refractivity contribution in [3.05, 3.63) is 63.1 Å². The average molecular weight is 504 g/mol. The number of nitrogens with zero attached hydrogens (tertiary/aromatic N) is 1. The van der Waals surface area contributed by atoms with Crippen LogP contribution >= 0.6 is 23.2 Å². The van der Waals surface area contributed by atoms with Gasteiger partial charge in [-0.3, -0.25) is 9.59 Å². The summed E-state index contributed by atoms with van der Waals surface area (Å²) in [5, 5.41) is 11.7. The van der Waals surface area contributed by atoms with Gasteiger partial charge in [0.05, 0.1) is 35.4 Å². The van der Waals surface area contributed by atoms with E-state index in [0.717, 1.165) is 37.7 Å². The van der Waals surface area contributed by atoms with Crippen molar-refractivity contribution in [2.45, 2.75) is 51.1 Å². The molecule has 2 aromatic carbocycles. The number of aliphatic hydroxyl groups excluding tert-OH is 1. The van der Waals surface area contributed by atoms with Crippen molar-refractivity contribution < 1.29 is 24.2 Å². The summed E-state index contributed by atoms with van der Waals surface area (Å²) in [4.78, 5) is 28.1. The number of rotatable bonds is 7. The van der Waals surface area contributed by atoms with Crippen molar-refractivity contribution in [3.8, 4) is 11.5 Å². The molecule has 34 heavy (non-hydrogen) atoms. The van der Waals surface area contributed by atoms with Crippen LogP contribution < -0.4 is 9.47 Å². The number of aliphatic hydroxyl groups is 1. The molecule has 1 atom stereocenters. The lowest BCUT2D eigenvalue weighted by Gasteiger charge is -2.30. The number of hydrogen-bond donors (Lipinski definition) is 1. The van der Waals surface area contributed by atoms with E-state index in [1.54, 1.807) is 4.90 Å². The molecule has 2 aliphatic rings. The first-order chi connectivity index (χ1) is 16.4. The van der Waals surface area contributed by atoms with Crippen molar-refractivity contribution >= 4 is 40.7 Å². The van der Waals surface area contributed by atoms with Crippen molar-refractivity contribution in [2.75, 3.05) is 13.7 Å². The van der Waals surface area contributed by atoms with Crippen molar-refractivity contribution in [1.29, 1.82) is 0 Å². The molecular formula is C26H27Cl2NO5. The molecule has 1 aliphatic carbocycles. The molecule has 1 saturated carbocycles. The second-order valence-electron chi connectivity index (χ2n) is 8.54. The van der Waals surface area contributed by atoms with Gasteiger partial charge in [-0.15, -0.1) is 0 Å². The molecule has 1 saturated heterocycles. The number of ether oxygens (including phenoxy) is 2. The lowest BCUT2D eigenvalue weighted by atomic mass is 9.94. The normalized spacial score (nSPS) is 20.2. The molecule has 1 aliphatic heterocycles. The van der Waals surface area contributed by atoms with Gasteiger partial charge < -0.3 is 19.5 Å². The second-order valence-corrected chi connectivity index (χ2v) is 9.35. The van der Waals surface area contributed by atoms with E-state index in [1.807, 2.05) is 31.2 Å². The molecule has 2 fully saturated rings. The molecule has 0 bridgehead atoms. The molecule has 1 unspecified atom stereocenters. The summed E-state index contributed by atoms with van der Waals surface area (Å²) in [6, 6.07) is 9.48. The van der Waals surface area contributed by atoms with E-state index in [1.165, 1.54) is 19.2 Å². The molecule has 4 rings (SSSR count). The van der Waals surface area contributed by atoms with Crippen LogP contribution in [-0.4, -0.2) is 41.5 Å². The highest BCUT2D eigenvalue weighted by Crippen LogP contribution is 2.45. The Morgan fingerprint density at radius 3 is 2.26 bits per heavy atom. The molecule has 2 aromatic rings. The molecule has 8 heteroatoms. The highest BCUT2D eigenvalue weighted by molar-refractivity contribution is 6.47. The van der Waals surface area contributed by atoms with E-state index in [9.17, 15) is 14.7 Å². The van der Waals surface area contributed by atoms with E-state index in [0.29, 0.717) is 12.4 Å². The SMILES string of the molecule is CCCOc1ccc(C2/C(=C(\O)c3cc(Cl)c(OC)c(Cl)c3)C(=O)C(=O)N2C2CCCC2)cc1. The van der Waals surface area contributed by atoms with Gasteiger partial charge in [0.15, 0.2) is 5.75 Å². The van der Waals surface area contributed by atoms with Gasteiger partial charge >= 0.3 is 0 Å². The number of carbonyl (C=O) groups excluding carboxylic acids is 2. The Bertz CT molecular complexity index is 1100. The summed E-state index contributed by atoms with van der Waals surface area (Å²) in [5.74, 6) is -0.663. The summed E-state index contributed by atoms with van der Waals surface area (Å²) >= 11 is 12.6. The summed E-state index contributed by atoms with van der Waals surface area (Å²) in [5.41, 5.74) is 0.992. The Labute approximate surface area is 209 Å². The number of methoxy groups -OCH3 is 1. The number of hydrogen-bond acceptors (Lipinski definition) is 5. The molecule has 6 nitrogen and oxygen atoms in total. The van der Waals surface area contributed by atoms with Crippen LogP contribution in [0.4, 0.5) is 0 Å². The van der Waals surface area contributed by atoms with Crippen LogP contribution in [-0.2, 0) is 9.59 Å². The topological polar surface area (TPSA) is 76.1 Å². The smallest absolute Gasteiger partial charge is 0.295 e. The number of Topliss-reactive ketones (excluding diaryl/α,β-unsaturated/α-hetero) is 1. The number of halogens is 2. The summed E-state index contributed by atoms with van der Waals surface area (Å²) < 4.78 is 10.9. The van der Waals surface area contributed by atoms with E-state index in [-0.39, 0.29) is 38.7 Å². The molecular weight excluding hydrogens is 477 g/mol. The predicted molar refractivity (Wildman–Crippen MR) is 132 cm³/mol. The number of amides is 1. The zero-order chi connectivity index (χ0) is 24.4. The first-order valence-electron chi connectivity index (χ1n) is 11.4. The predicted octanol–water partition coefficient (Wildman–Crippen LogP) is 6.16. The van der Waals surface area contributed by atoms with Crippen LogP contribution in [0.15, 0.2) is 42.0 Å². The van der Waals surface area contributed by atoms with Gasteiger partial charge in [0.2, 0.25) is 0 Å². The van der Waals surface area contributed by atoms with Crippen LogP contribution in [0, 0.1) is 0 Å².